The van der Waals surface area contributed by atoms with Crippen molar-refractivity contribution < 1.29 is 77.0 Å². The summed E-state index contributed by atoms with van der Waals surface area (Å²) in [6, 6.07) is -1.39. The van der Waals surface area contributed by atoms with Crippen molar-refractivity contribution >= 4 is 37.2 Å². The van der Waals surface area contributed by atoms with Crippen molar-refractivity contribution in [2.24, 2.45) is 11.8 Å². The third-order valence-electron chi connectivity index (χ3n) is 6.68. The quantitative estimate of drug-likeness (QED) is 0.0472. The SMILES string of the molecule is CCCOCCOCCOCCOCCOCCC(=O)N[C@H](CCC(=O)CC(CCOP(=O)(O)CC(CCC)C(=O)O)C(=O)O)C(=O)O. The largest absolute Gasteiger partial charge is 0.481 e. The van der Waals surface area contributed by atoms with Crippen LogP contribution in [0, 0.1) is 11.8 Å². The van der Waals surface area contributed by atoms with Crippen LogP contribution in [0.1, 0.15) is 65.2 Å². The van der Waals surface area contributed by atoms with Gasteiger partial charge in [-0.25, -0.2) is 4.79 Å². The summed E-state index contributed by atoms with van der Waals surface area (Å²) in [5.74, 6) is -7.54. The van der Waals surface area contributed by atoms with E-state index in [-0.39, 0.29) is 51.9 Å². The molecule has 0 saturated heterocycles. The molecule has 5 N–H and O–H groups in total. The predicted molar refractivity (Wildman–Crippen MR) is 170 cm³/mol. The summed E-state index contributed by atoms with van der Waals surface area (Å²) in [5.41, 5.74) is 0. The van der Waals surface area contributed by atoms with Crippen LogP contribution in [0.15, 0.2) is 0 Å². The van der Waals surface area contributed by atoms with Crippen molar-refractivity contribution in [3.05, 3.63) is 0 Å². The lowest BCUT2D eigenvalue weighted by Gasteiger charge is -2.18. The van der Waals surface area contributed by atoms with Crippen molar-refractivity contribution in [3.8, 4) is 0 Å². The first kappa shape index (κ1) is 45.5. The molecule has 3 unspecified atom stereocenters. The Labute approximate surface area is 281 Å². The summed E-state index contributed by atoms with van der Waals surface area (Å²) in [4.78, 5) is 69.1. The van der Waals surface area contributed by atoms with Gasteiger partial charge in [-0.3, -0.25) is 23.7 Å². The van der Waals surface area contributed by atoms with Gasteiger partial charge >= 0.3 is 25.5 Å². The van der Waals surface area contributed by atoms with Gasteiger partial charge in [0.05, 0.1) is 84.1 Å². The number of rotatable bonds is 34. The van der Waals surface area contributed by atoms with Crippen LogP contribution in [0.4, 0.5) is 0 Å². The van der Waals surface area contributed by atoms with Crippen molar-refractivity contribution in [2.75, 3.05) is 78.8 Å². The average Bonchev–Trinajstić information content (AvgIpc) is 3.01. The lowest BCUT2D eigenvalue weighted by atomic mass is 9.96. The maximum atomic E-state index is 12.4. The van der Waals surface area contributed by atoms with Gasteiger partial charge in [-0.2, -0.15) is 0 Å². The van der Waals surface area contributed by atoms with Gasteiger partial charge in [0.15, 0.2) is 0 Å². The lowest BCUT2D eigenvalue weighted by molar-refractivity contribution is -0.145. The molecule has 0 aromatic carbocycles. The summed E-state index contributed by atoms with van der Waals surface area (Å²) < 4.78 is 43.9. The molecule has 0 fully saturated rings. The van der Waals surface area contributed by atoms with E-state index in [0.29, 0.717) is 52.7 Å². The molecule has 48 heavy (non-hydrogen) atoms. The van der Waals surface area contributed by atoms with E-state index in [2.05, 4.69) is 5.32 Å². The minimum absolute atomic E-state index is 0.00890. The Morgan fingerprint density at radius 3 is 1.56 bits per heavy atom. The molecule has 0 saturated carbocycles. The molecule has 0 radical (unpaired) electrons. The van der Waals surface area contributed by atoms with Gasteiger partial charge in [-0.15, -0.1) is 0 Å². The smallest absolute Gasteiger partial charge is 0.328 e. The number of ketones is 1. The highest BCUT2D eigenvalue weighted by molar-refractivity contribution is 7.52. The number of aliphatic carboxylic acids is 3. The molecule has 4 atom stereocenters. The number of Topliss-reactive ketones (excluding diaryl/α,β-unsaturated/α-hetero) is 1. The molecule has 0 aromatic heterocycles. The van der Waals surface area contributed by atoms with E-state index in [1.165, 1.54) is 0 Å². The minimum atomic E-state index is -4.32. The summed E-state index contributed by atoms with van der Waals surface area (Å²) >= 11 is 0. The fraction of sp³-hybridized carbons (Fsp3) is 0.833. The standard InChI is InChI=1S/C30H54NO16P/c1-3-5-24(29(36)37)22-48(40,41)47-12-8-23(28(34)35)21-25(32)6-7-26(30(38)39)31-27(33)9-11-43-14-16-45-18-20-46-19-17-44-15-13-42-10-4-2/h23-24,26H,3-22H2,1-2H3,(H,31,33)(H,34,35)(H,36,37)(H,38,39)(H,40,41)/t23?,24?,26-/m1/s1. The molecular weight excluding hydrogens is 661 g/mol. The molecule has 1 amide bonds. The Balaban J connectivity index is 4.24. The van der Waals surface area contributed by atoms with Crippen molar-refractivity contribution in [1.82, 2.24) is 5.32 Å². The van der Waals surface area contributed by atoms with Crippen LogP contribution in [0.2, 0.25) is 0 Å². The van der Waals surface area contributed by atoms with E-state index in [4.69, 9.17) is 28.2 Å². The van der Waals surface area contributed by atoms with Crippen LogP contribution in [-0.4, -0.2) is 135 Å². The van der Waals surface area contributed by atoms with E-state index in [9.17, 15) is 48.8 Å². The Kier molecular flexibility index (Phi) is 26.9. The van der Waals surface area contributed by atoms with Gasteiger partial charge in [0, 0.05) is 25.9 Å². The maximum Gasteiger partial charge on any atom is 0.328 e. The second kappa shape index (κ2) is 28.3. The molecule has 0 aromatic rings. The fourth-order valence-electron chi connectivity index (χ4n) is 4.12. The van der Waals surface area contributed by atoms with Gasteiger partial charge in [-0.1, -0.05) is 20.3 Å². The maximum absolute atomic E-state index is 12.4. The van der Waals surface area contributed by atoms with Crippen LogP contribution in [0.25, 0.3) is 0 Å². The molecular formula is C30H54NO16P. The minimum Gasteiger partial charge on any atom is -0.481 e. The Bertz CT molecular complexity index is 981. The molecule has 280 valence electrons. The number of hydrogen-bond acceptors (Lipinski definition) is 12. The van der Waals surface area contributed by atoms with Crippen LogP contribution < -0.4 is 5.32 Å². The first-order chi connectivity index (χ1) is 22.8. The predicted octanol–water partition coefficient (Wildman–Crippen LogP) is 1.97. The zero-order valence-corrected chi connectivity index (χ0v) is 28.9. The molecule has 18 heteroatoms. The molecule has 0 spiro atoms. The van der Waals surface area contributed by atoms with E-state index in [1.54, 1.807) is 6.92 Å². The van der Waals surface area contributed by atoms with Crippen molar-refractivity contribution in [2.45, 2.75) is 71.3 Å². The number of carboxylic acids is 3. The highest BCUT2D eigenvalue weighted by Crippen LogP contribution is 2.45. The number of carboxylic acid groups (broad SMARTS) is 3. The van der Waals surface area contributed by atoms with E-state index < -0.39 is 74.3 Å². The highest BCUT2D eigenvalue weighted by Gasteiger charge is 2.31. The van der Waals surface area contributed by atoms with E-state index in [0.717, 1.165) is 6.42 Å². The molecule has 17 nitrogen and oxygen atoms in total. The first-order valence-electron chi connectivity index (χ1n) is 16.2. The second-order valence-electron chi connectivity index (χ2n) is 10.9. The lowest BCUT2D eigenvalue weighted by Crippen LogP contribution is -2.41. The first-order valence-corrected chi connectivity index (χ1v) is 17.9. The fourth-order valence-corrected chi connectivity index (χ4v) is 5.51. The molecule has 0 heterocycles. The second-order valence-corrected chi connectivity index (χ2v) is 12.8. The number of hydrogen-bond donors (Lipinski definition) is 5. The highest BCUT2D eigenvalue weighted by atomic mass is 31.2. The number of ether oxygens (including phenoxy) is 5. The number of nitrogens with one attached hydrogen (secondary N) is 1. The van der Waals surface area contributed by atoms with Gasteiger partial charge < -0.3 is 53.7 Å². The summed E-state index contributed by atoms with van der Waals surface area (Å²) in [7, 11) is -4.32. The summed E-state index contributed by atoms with van der Waals surface area (Å²) in [6.45, 7) is 7.13. The molecule has 0 aliphatic heterocycles. The normalized spacial score (nSPS) is 14.5. The number of amides is 1. The summed E-state index contributed by atoms with van der Waals surface area (Å²) in [5, 5.41) is 30.4. The van der Waals surface area contributed by atoms with Gasteiger partial charge in [0.1, 0.15) is 11.8 Å². The van der Waals surface area contributed by atoms with E-state index in [1.807, 2.05) is 6.92 Å². The molecule has 0 bridgehead atoms. The zero-order valence-electron chi connectivity index (χ0n) is 28.0. The number of carbonyl (C=O) groups excluding carboxylic acids is 2. The van der Waals surface area contributed by atoms with Gasteiger partial charge in [-0.05, 0) is 25.7 Å². The van der Waals surface area contributed by atoms with Crippen LogP contribution in [-0.2, 0) is 56.7 Å². The molecule has 0 aliphatic carbocycles. The third kappa shape index (κ3) is 25.5. The molecule has 0 rings (SSSR count). The van der Waals surface area contributed by atoms with Crippen molar-refractivity contribution in [3.63, 3.8) is 0 Å². The van der Waals surface area contributed by atoms with Gasteiger partial charge in [0.2, 0.25) is 5.91 Å². The number of carbonyl (C=O) groups is 5. The Hall–Kier alpha value is -2.50. The summed E-state index contributed by atoms with van der Waals surface area (Å²) in [6.07, 6.45) is -0.565. The monoisotopic (exact) mass is 715 g/mol. The topological polar surface area (TPSA) is 251 Å². The van der Waals surface area contributed by atoms with Gasteiger partial charge in [0.25, 0.3) is 0 Å². The van der Waals surface area contributed by atoms with Crippen LogP contribution >= 0.6 is 7.60 Å². The third-order valence-corrected chi connectivity index (χ3v) is 8.16. The Morgan fingerprint density at radius 2 is 1.10 bits per heavy atom. The van der Waals surface area contributed by atoms with Crippen LogP contribution in [0.5, 0.6) is 0 Å². The Morgan fingerprint density at radius 1 is 0.604 bits per heavy atom. The van der Waals surface area contributed by atoms with Crippen LogP contribution in [0.3, 0.4) is 0 Å². The van der Waals surface area contributed by atoms with E-state index >= 15 is 0 Å². The average molecular weight is 716 g/mol. The van der Waals surface area contributed by atoms with Crippen molar-refractivity contribution in [1.29, 1.82) is 0 Å². The zero-order chi connectivity index (χ0) is 36.2. The molecule has 0 aliphatic rings.